The first kappa shape index (κ1) is 14.0. The number of halogens is 1. The third kappa shape index (κ3) is 3.76. The number of nitrogens with zero attached hydrogens (tertiary/aromatic N) is 3. The van der Waals surface area contributed by atoms with Gasteiger partial charge >= 0.3 is 0 Å². The highest BCUT2D eigenvalue weighted by atomic mass is 19.1. The Labute approximate surface area is 114 Å². The van der Waals surface area contributed by atoms with Gasteiger partial charge in [0.15, 0.2) is 0 Å². The SMILES string of the molecule is CCC(C#N)N1CCN(Cc2cccc(F)c2)CC1. The molecule has 1 aromatic rings. The lowest BCUT2D eigenvalue weighted by molar-refractivity contribution is 0.108. The smallest absolute Gasteiger partial charge is 0.123 e. The van der Waals surface area contributed by atoms with Gasteiger partial charge in [-0.1, -0.05) is 19.1 Å². The molecular formula is C15H20FN3. The van der Waals surface area contributed by atoms with Crippen LogP contribution < -0.4 is 0 Å². The van der Waals surface area contributed by atoms with Crippen LogP contribution in [0.3, 0.4) is 0 Å². The van der Waals surface area contributed by atoms with Crippen LogP contribution in [0.2, 0.25) is 0 Å². The maximum atomic E-state index is 13.1. The zero-order valence-corrected chi connectivity index (χ0v) is 11.3. The fourth-order valence-electron chi connectivity index (χ4n) is 2.56. The second kappa shape index (κ2) is 6.65. The summed E-state index contributed by atoms with van der Waals surface area (Å²) in [4.78, 5) is 4.55. The molecule has 1 unspecified atom stereocenters. The molecule has 0 radical (unpaired) electrons. The van der Waals surface area contributed by atoms with E-state index in [0.29, 0.717) is 0 Å². The molecule has 0 aromatic heterocycles. The van der Waals surface area contributed by atoms with Crippen molar-refractivity contribution in [3.63, 3.8) is 0 Å². The number of hydrogen-bond acceptors (Lipinski definition) is 3. The molecule has 1 fully saturated rings. The summed E-state index contributed by atoms with van der Waals surface area (Å²) >= 11 is 0. The summed E-state index contributed by atoms with van der Waals surface area (Å²) in [5.74, 6) is -0.174. The van der Waals surface area contributed by atoms with Crippen molar-refractivity contribution < 1.29 is 4.39 Å². The normalized spacial score (nSPS) is 19.0. The maximum Gasteiger partial charge on any atom is 0.123 e. The summed E-state index contributed by atoms with van der Waals surface area (Å²) in [6.45, 7) is 6.55. The lowest BCUT2D eigenvalue weighted by Gasteiger charge is -2.36. The van der Waals surface area contributed by atoms with E-state index in [9.17, 15) is 4.39 Å². The third-order valence-corrected chi connectivity index (χ3v) is 3.68. The molecule has 0 bridgehead atoms. The monoisotopic (exact) mass is 261 g/mol. The van der Waals surface area contributed by atoms with Crippen molar-refractivity contribution in [3.05, 3.63) is 35.6 Å². The summed E-state index contributed by atoms with van der Waals surface area (Å²) in [6.07, 6.45) is 0.875. The molecule has 1 atom stereocenters. The molecule has 3 nitrogen and oxygen atoms in total. The van der Waals surface area contributed by atoms with E-state index >= 15 is 0 Å². The minimum Gasteiger partial charge on any atom is -0.297 e. The Morgan fingerprint density at radius 3 is 2.63 bits per heavy atom. The first-order valence-electron chi connectivity index (χ1n) is 6.83. The van der Waals surface area contributed by atoms with Crippen LogP contribution in [-0.2, 0) is 6.54 Å². The zero-order valence-electron chi connectivity index (χ0n) is 11.3. The van der Waals surface area contributed by atoms with E-state index in [1.54, 1.807) is 12.1 Å². The molecule has 0 spiro atoms. The summed E-state index contributed by atoms with van der Waals surface area (Å²) in [5, 5.41) is 9.06. The molecule has 0 N–H and O–H groups in total. The number of nitriles is 1. The van der Waals surface area contributed by atoms with Gasteiger partial charge < -0.3 is 0 Å². The summed E-state index contributed by atoms with van der Waals surface area (Å²) in [6, 6.07) is 9.17. The van der Waals surface area contributed by atoms with Crippen LogP contribution >= 0.6 is 0 Å². The van der Waals surface area contributed by atoms with Gasteiger partial charge in [0, 0.05) is 32.7 Å². The minimum atomic E-state index is -0.174. The minimum absolute atomic E-state index is 0.0383. The van der Waals surface area contributed by atoms with Gasteiger partial charge in [-0.25, -0.2) is 4.39 Å². The lowest BCUT2D eigenvalue weighted by Crippen LogP contribution is -2.49. The van der Waals surface area contributed by atoms with E-state index in [4.69, 9.17) is 5.26 Å². The Hall–Kier alpha value is -1.44. The van der Waals surface area contributed by atoms with Gasteiger partial charge in [-0.2, -0.15) is 5.26 Å². The molecule has 1 aliphatic rings. The van der Waals surface area contributed by atoms with E-state index in [-0.39, 0.29) is 11.9 Å². The molecule has 1 heterocycles. The molecule has 102 valence electrons. The van der Waals surface area contributed by atoms with E-state index < -0.39 is 0 Å². The fourth-order valence-corrected chi connectivity index (χ4v) is 2.56. The van der Waals surface area contributed by atoms with Crippen LogP contribution in [0.5, 0.6) is 0 Å². The van der Waals surface area contributed by atoms with Crippen LogP contribution in [-0.4, -0.2) is 42.0 Å². The summed E-state index contributed by atoms with van der Waals surface area (Å²) in [5.41, 5.74) is 1.01. The average Bonchev–Trinajstić information content (AvgIpc) is 2.42. The third-order valence-electron chi connectivity index (χ3n) is 3.68. The molecule has 2 rings (SSSR count). The Balaban J connectivity index is 1.85. The lowest BCUT2D eigenvalue weighted by atomic mass is 10.1. The van der Waals surface area contributed by atoms with Gasteiger partial charge in [0.25, 0.3) is 0 Å². The highest BCUT2D eigenvalue weighted by Crippen LogP contribution is 2.12. The second-order valence-corrected chi connectivity index (χ2v) is 5.00. The largest absolute Gasteiger partial charge is 0.297 e. The molecule has 19 heavy (non-hydrogen) atoms. The van der Waals surface area contributed by atoms with Crippen LogP contribution in [0, 0.1) is 17.1 Å². The first-order valence-corrected chi connectivity index (χ1v) is 6.83. The zero-order chi connectivity index (χ0) is 13.7. The van der Waals surface area contributed by atoms with E-state index in [1.807, 2.05) is 13.0 Å². The van der Waals surface area contributed by atoms with Crippen LogP contribution in [0.1, 0.15) is 18.9 Å². The Morgan fingerprint density at radius 1 is 1.32 bits per heavy atom. The highest BCUT2D eigenvalue weighted by molar-refractivity contribution is 5.16. The number of rotatable bonds is 4. The quantitative estimate of drug-likeness (QED) is 0.832. The van der Waals surface area contributed by atoms with Crippen molar-refractivity contribution in [3.8, 4) is 6.07 Å². The van der Waals surface area contributed by atoms with Crippen molar-refractivity contribution in [2.75, 3.05) is 26.2 Å². The standard InChI is InChI=1S/C15H20FN3/c1-2-15(11-17)19-8-6-18(7-9-19)12-13-4-3-5-14(16)10-13/h3-5,10,15H,2,6-9,12H2,1H3. The van der Waals surface area contributed by atoms with E-state index in [0.717, 1.165) is 44.7 Å². The fraction of sp³-hybridized carbons (Fsp3) is 0.533. The number of piperazine rings is 1. The van der Waals surface area contributed by atoms with Crippen LogP contribution in [0.15, 0.2) is 24.3 Å². The summed E-state index contributed by atoms with van der Waals surface area (Å²) in [7, 11) is 0. The van der Waals surface area contributed by atoms with Gasteiger partial charge in [0.2, 0.25) is 0 Å². The van der Waals surface area contributed by atoms with E-state index in [2.05, 4.69) is 15.9 Å². The molecule has 0 aliphatic carbocycles. The average molecular weight is 261 g/mol. The molecule has 4 heteroatoms. The number of benzene rings is 1. The maximum absolute atomic E-state index is 13.1. The van der Waals surface area contributed by atoms with Crippen molar-refractivity contribution >= 4 is 0 Å². The molecule has 1 aliphatic heterocycles. The van der Waals surface area contributed by atoms with Gasteiger partial charge in [-0.15, -0.1) is 0 Å². The van der Waals surface area contributed by atoms with Crippen molar-refractivity contribution in [2.45, 2.75) is 25.9 Å². The predicted octanol–water partition coefficient (Wildman–Crippen LogP) is 2.25. The topological polar surface area (TPSA) is 30.3 Å². The van der Waals surface area contributed by atoms with Gasteiger partial charge in [-0.05, 0) is 24.1 Å². The predicted molar refractivity (Wildman–Crippen MR) is 72.9 cm³/mol. The Kier molecular flexibility index (Phi) is 4.89. The van der Waals surface area contributed by atoms with Crippen molar-refractivity contribution in [1.29, 1.82) is 5.26 Å². The molecule has 0 amide bonds. The summed E-state index contributed by atoms with van der Waals surface area (Å²) < 4.78 is 13.1. The van der Waals surface area contributed by atoms with Crippen molar-refractivity contribution in [1.82, 2.24) is 9.80 Å². The Morgan fingerprint density at radius 2 is 2.05 bits per heavy atom. The van der Waals surface area contributed by atoms with Crippen LogP contribution in [0.4, 0.5) is 4.39 Å². The van der Waals surface area contributed by atoms with E-state index in [1.165, 1.54) is 6.07 Å². The van der Waals surface area contributed by atoms with Gasteiger partial charge in [0.1, 0.15) is 5.82 Å². The van der Waals surface area contributed by atoms with Crippen LogP contribution in [0.25, 0.3) is 0 Å². The van der Waals surface area contributed by atoms with Gasteiger partial charge in [-0.3, -0.25) is 9.80 Å². The highest BCUT2D eigenvalue weighted by Gasteiger charge is 2.22. The molecule has 1 aromatic carbocycles. The first-order chi connectivity index (χ1) is 9.22. The van der Waals surface area contributed by atoms with Gasteiger partial charge in [0.05, 0.1) is 12.1 Å². The number of hydrogen-bond donors (Lipinski definition) is 0. The Bertz CT molecular complexity index is 447. The second-order valence-electron chi connectivity index (χ2n) is 5.00. The molecular weight excluding hydrogens is 241 g/mol. The molecule has 1 saturated heterocycles. The van der Waals surface area contributed by atoms with Crippen molar-refractivity contribution in [2.24, 2.45) is 0 Å². The molecule has 0 saturated carbocycles.